The van der Waals surface area contributed by atoms with E-state index in [1.807, 2.05) is 6.08 Å². The smallest absolute Gasteiger partial charge is 0.220 e. The van der Waals surface area contributed by atoms with E-state index in [9.17, 15) is 61.0 Å². The van der Waals surface area contributed by atoms with Crippen LogP contribution in [-0.4, -0.2) is 193 Å². The van der Waals surface area contributed by atoms with Crippen molar-refractivity contribution in [2.45, 2.75) is 317 Å². The Morgan fingerprint density at radius 2 is 0.802 bits per heavy atom. The molecule has 17 atom stereocenters. The molecule has 1 amide bonds. The summed E-state index contributed by atoms with van der Waals surface area (Å²) in [4.78, 5) is 13.3. The van der Waals surface area contributed by atoms with Gasteiger partial charge < -0.3 is 89.9 Å². The third-order valence-electron chi connectivity index (χ3n) is 16.3. The summed E-state index contributed by atoms with van der Waals surface area (Å²) in [6.45, 7) is 1.57. The monoisotopic (exact) mass is 1220 g/mol. The number of carbonyl (C=O) groups is 1. The molecule has 3 fully saturated rings. The van der Waals surface area contributed by atoms with Gasteiger partial charge in [0.2, 0.25) is 5.91 Å². The predicted octanol–water partition coefficient (Wildman–Crippen LogP) is 7.77. The van der Waals surface area contributed by atoms with E-state index in [0.29, 0.717) is 6.42 Å². The van der Waals surface area contributed by atoms with E-state index in [-0.39, 0.29) is 18.9 Å². The largest absolute Gasteiger partial charge is 0.394 e. The highest BCUT2D eigenvalue weighted by atomic mass is 16.8. The van der Waals surface area contributed by atoms with Gasteiger partial charge in [0.25, 0.3) is 0 Å². The van der Waals surface area contributed by atoms with Crippen LogP contribution in [0.5, 0.6) is 0 Å². The Kier molecular flexibility index (Phi) is 44.1. The minimum absolute atomic E-state index is 0.240. The van der Waals surface area contributed by atoms with Crippen LogP contribution in [0.2, 0.25) is 0 Å². The van der Waals surface area contributed by atoms with E-state index in [1.165, 1.54) is 109 Å². The van der Waals surface area contributed by atoms with Gasteiger partial charge in [-0.1, -0.05) is 215 Å². The second-order valence-corrected chi connectivity index (χ2v) is 23.6. The summed E-state index contributed by atoms with van der Waals surface area (Å²) in [5.41, 5.74) is 0. The zero-order valence-corrected chi connectivity index (χ0v) is 52.3. The summed E-state index contributed by atoms with van der Waals surface area (Å²) < 4.78 is 34.2. The lowest BCUT2D eigenvalue weighted by Crippen LogP contribution is -2.66. The second-order valence-electron chi connectivity index (χ2n) is 23.6. The Bertz CT molecular complexity index is 1850. The molecule has 0 aromatic carbocycles. The van der Waals surface area contributed by atoms with Crippen molar-refractivity contribution in [2.24, 2.45) is 0 Å². The van der Waals surface area contributed by atoms with Crippen molar-refractivity contribution in [2.75, 3.05) is 26.4 Å². The Balaban J connectivity index is 1.36. The molecular weight excluding hydrogens is 1110 g/mol. The van der Waals surface area contributed by atoms with Crippen molar-refractivity contribution in [1.82, 2.24) is 5.32 Å². The highest BCUT2D eigenvalue weighted by molar-refractivity contribution is 5.76. The topological polar surface area (TPSA) is 307 Å². The summed E-state index contributed by atoms with van der Waals surface area (Å²) in [6, 6.07) is -0.974. The Hall–Kier alpha value is -2.77. The molecule has 0 bridgehead atoms. The predicted molar refractivity (Wildman–Crippen MR) is 332 cm³/mol. The number of aliphatic hydroxyl groups excluding tert-OH is 11. The van der Waals surface area contributed by atoms with Crippen molar-refractivity contribution < 1.29 is 89.4 Å². The van der Waals surface area contributed by atoms with Gasteiger partial charge in [0, 0.05) is 6.42 Å². The molecule has 19 nitrogen and oxygen atoms in total. The number of rotatable bonds is 49. The summed E-state index contributed by atoms with van der Waals surface area (Å²) in [5.74, 6) is -0.280. The molecule has 0 aliphatic carbocycles. The van der Waals surface area contributed by atoms with Crippen molar-refractivity contribution in [3.05, 3.63) is 72.9 Å². The molecule has 0 radical (unpaired) electrons. The standard InChI is InChI=1S/C67H117NO18/c1-3-5-7-9-11-13-15-16-17-18-19-20-21-22-23-24-25-26-27-28-29-30-31-32-33-34-35-37-39-41-43-45-55(73)68-50(51(72)44-42-40-38-36-14-12-10-8-6-4-2)49-81-65-61(79)58(76)63(53(47-70)83-65)86-67-62(80)59(77)64(54(48-71)84-67)85-66-60(78)57(75)56(74)52(46-69)82-66/h5,7,11,13,16-17,19-20,22-23,42,44,50-54,56-67,69-72,74-80H,3-4,6,8-10,12,14-15,18,21,24-41,43,45-49H2,1-2H3,(H,68,73)/b7-5-,13-11-,17-16-,20-19-,23-22-,44-42+. The van der Waals surface area contributed by atoms with Gasteiger partial charge in [-0.25, -0.2) is 0 Å². The summed E-state index contributed by atoms with van der Waals surface area (Å²) in [7, 11) is 0. The number of nitrogens with one attached hydrogen (secondary N) is 1. The van der Waals surface area contributed by atoms with Crippen LogP contribution >= 0.6 is 0 Å². The van der Waals surface area contributed by atoms with Crippen LogP contribution in [0.25, 0.3) is 0 Å². The van der Waals surface area contributed by atoms with E-state index < -0.39 is 124 Å². The molecule has 86 heavy (non-hydrogen) atoms. The molecule has 0 saturated carbocycles. The summed E-state index contributed by atoms with van der Waals surface area (Å²) in [6.07, 6.45) is 33.3. The highest BCUT2D eigenvalue weighted by Crippen LogP contribution is 2.33. The number of aliphatic hydroxyl groups is 11. The van der Waals surface area contributed by atoms with E-state index in [2.05, 4.69) is 79.9 Å². The van der Waals surface area contributed by atoms with Gasteiger partial charge in [-0.3, -0.25) is 4.79 Å². The van der Waals surface area contributed by atoms with Gasteiger partial charge in [0.05, 0.1) is 38.6 Å². The van der Waals surface area contributed by atoms with Crippen LogP contribution in [-0.2, 0) is 33.2 Å². The second kappa shape index (κ2) is 49.0. The van der Waals surface area contributed by atoms with Gasteiger partial charge in [-0.05, 0) is 64.2 Å². The molecule has 19 heteroatoms. The maximum atomic E-state index is 13.3. The average Bonchev–Trinajstić information content (AvgIpc) is 1.89. The lowest BCUT2D eigenvalue weighted by atomic mass is 9.96. The van der Waals surface area contributed by atoms with Crippen LogP contribution in [0.3, 0.4) is 0 Å². The molecule has 3 aliphatic rings. The van der Waals surface area contributed by atoms with Gasteiger partial charge in [-0.2, -0.15) is 0 Å². The van der Waals surface area contributed by atoms with E-state index >= 15 is 0 Å². The molecule has 12 N–H and O–H groups in total. The first-order chi connectivity index (χ1) is 41.8. The first-order valence-corrected chi connectivity index (χ1v) is 33.2. The van der Waals surface area contributed by atoms with Crippen LogP contribution in [0.15, 0.2) is 72.9 Å². The highest BCUT2D eigenvalue weighted by Gasteiger charge is 2.53. The fourth-order valence-electron chi connectivity index (χ4n) is 10.9. The fourth-order valence-corrected chi connectivity index (χ4v) is 10.9. The van der Waals surface area contributed by atoms with Crippen LogP contribution in [0.4, 0.5) is 0 Å². The number of carbonyl (C=O) groups excluding carboxylic acids is 1. The van der Waals surface area contributed by atoms with Crippen LogP contribution < -0.4 is 5.32 Å². The zero-order chi connectivity index (χ0) is 62.6. The van der Waals surface area contributed by atoms with Crippen LogP contribution in [0.1, 0.15) is 213 Å². The number of amides is 1. The maximum Gasteiger partial charge on any atom is 0.220 e. The molecule has 498 valence electrons. The van der Waals surface area contributed by atoms with Crippen molar-refractivity contribution in [3.63, 3.8) is 0 Å². The number of hydrogen-bond donors (Lipinski definition) is 12. The molecule has 3 aliphatic heterocycles. The first kappa shape index (κ1) is 77.5. The molecule has 3 rings (SSSR count). The van der Waals surface area contributed by atoms with Gasteiger partial charge in [-0.15, -0.1) is 0 Å². The SMILES string of the molecule is CC/C=C\C/C=C\C/C=C\C/C=C\C/C=C\CCCCCCCCCCCCCCCCCC(=O)NC(COC1OC(CO)C(OC2OC(CO)C(OC3OC(CO)C(O)C(O)C3O)C(O)C2O)C(O)C1O)C(O)/C=C/CCCCCCCCCC. The number of hydrogen-bond acceptors (Lipinski definition) is 18. The molecule has 3 saturated heterocycles. The Morgan fingerprint density at radius 1 is 0.430 bits per heavy atom. The molecule has 3 heterocycles. The first-order valence-electron chi connectivity index (χ1n) is 33.2. The van der Waals surface area contributed by atoms with Crippen molar-refractivity contribution in [1.29, 1.82) is 0 Å². The zero-order valence-electron chi connectivity index (χ0n) is 52.3. The molecular formula is C67H117NO18. The Morgan fingerprint density at radius 3 is 1.26 bits per heavy atom. The molecule has 0 spiro atoms. The summed E-state index contributed by atoms with van der Waals surface area (Å²) in [5, 5.41) is 120. The van der Waals surface area contributed by atoms with Gasteiger partial charge >= 0.3 is 0 Å². The molecule has 0 aromatic heterocycles. The minimum atomic E-state index is -1.98. The number of ether oxygens (including phenoxy) is 6. The third kappa shape index (κ3) is 31.3. The number of allylic oxidation sites excluding steroid dienone is 11. The Labute approximate surface area is 515 Å². The van der Waals surface area contributed by atoms with Crippen molar-refractivity contribution >= 4 is 5.91 Å². The lowest BCUT2D eigenvalue weighted by molar-refractivity contribution is -0.379. The number of unbranched alkanes of at least 4 members (excludes halogenated alkanes) is 23. The van der Waals surface area contributed by atoms with Crippen LogP contribution in [0, 0.1) is 0 Å². The fraction of sp³-hybridized carbons (Fsp3) is 0.806. The lowest BCUT2D eigenvalue weighted by Gasteiger charge is -2.48. The van der Waals surface area contributed by atoms with Crippen molar-refractivity contribution in [3.8, 4) is 0 Å². The van der Waals surface area contributed by atoms with E-state index in [4.69, 9.17) is 28.4 Å². The van der Waals surface area contributed by atoms with E-state index in [1.54, 1.807) is 6.08 Å². The molecule has 0 aromatic rings. The maximum absolute atomic E-state index is 13.3. The quantitative estimate of drug-likeness (QED) is 0.0204. The third-order valence-corrected chi connectivity index (χ3v) is 16.3. The van der Waals surface area contributed by atoms with Gasteiger partial charge in [0.1, 0.15) is 73.2 Å². The summed E-state index contributed by atoms with van der Waals surface area (Å²) >= 11 is 0. The van der Waals surface area contributed by atoms with Gasteiger partial charge in [0.15, 0.2) is 18.9 Å². The average molecular weight is 1220 g/mol. The normalized spacial score (nSPS) is 29.2. The van der Waals surface area contributed by atoms with E-state index in [0.717, 1.165) is 77.0 Å². The molecule has 17 unspecified atom stereocenters. The minimum Gasteiger partial charge on any atom is -0.394 e.